The smallest absolute Gasteiger partial charge is 0.859 e. The van der Waals surface area contributed by atoms with E-state index in [4.69, 9.17) is 0 Å². The van der Waals surface area contributed by atoms with Crippen molar-refractivity contribution in [2.45, 2.75) is 0 Å². The summed E-state index contributed by atoms with van der Waals surface area (Å²) in [5.74, 6) is -0.354. The third-order valence-electron chi connectivity index (χ3n) is 3.15. The summed E-state index contributed by atoms with van der Waals surface area (Å²) in [4.78, 5) is 7.64. The molecule has 0 atom stereocenters. The van der Waals surface area contributed by atoms with Crippen molar-refractivity contribution in [1.82, 2.24) is 9.97 Å². The Morgan fingerprint density at radius 2 is 0.913 bits per heavy atom. The van der Waals surface area contributed by atoms with Crippen LogP contribution in [0.3, 0.4) is 0 Å². The van der Waals surface area contributed by atoms with Gasteiger partial charge in [-0.3, -0.25) is 9.97 Å². The second-order valence-electron chi connectivity index (χ2n) is 4.68. The van der Waals surface area contributed by atoms with Crippen molar-refractivity contribution in [3.05, 3.63) is 72.8 Å². The molecule has 4 nitrogen and oxygen atoms in total. The Bertz CT molecular complexity index is 851. The Morgan fingerprint density at radius 3 is 1.35 bits per heavy atom. The molecule has 0 aliphatic carbocycles. The Labute approximate surface area is 143 Å². The zero-order valence-electron chi connectivity index (χ0n) is 12.0. The number of hydrogen-bond donors (Lipinski definition) is 0. The fourth-order valence-electron chi connectivity index (χ4n) is 2.09. The third kappa shape index (κ3) is 4.18. The first-order valence-corrected chi connectivity index (χ1v) is 6.78. The van der Waals surface area contributed by atoms with Crippen molar-refractivity contribution in [3.8, 4) is 11.8 Å². The predicted octanol–water partition coefficient (Wildman–Crippen LogP) is 2.61. The van der Waals surface area contributed by atoms with Crippen LogP contribution in [-0.2, 0) is 16.8 Å². The van der Waals surface area contributed by atoms with E-state index in [0.717, 1.165) is 21.8 Å². The van der Waals surface area contributed by atoms with E-state index in [2.05, 4.69) is 9.97 Å². The molecule has 115 valence electrons. The monoisotopic (exact) mass is 347 g/mol. The SMILES string of the molecule is [Co+2].[O-]c1ccc2ccccc2n1.[O-]c1ccc2ccccc2n1. The minimum Gasteiger partial charge on any atom is -0.859 e. The van der Waals surface area contributed by atoms with Gasteiger partial charge in [0.1, 0.15) is 0 Å². The fourth-order valence-corrected chi connectivity index (χ4v) is 2.09. The maximum atomic E-state index is 10.8. The summed E-state index contributed by atoms with van der Waals surface area (Å²) < 4.78 is 0. The predicted molar refractivity (Wildman–Crippen MR) is 82.4 cm³/mol. The number of aromatic nitrogens is 2. The topological polar surface area (TPSA) is 71.9 Å². The molecule has 1 radical (unpaired) electrons. The van der Waals surface area contributed by atoms with Crippen LogP contribution < -0.4 is 10.2 Å². The van der Waals surface area contributed by atoms with E-state index in [1.54, 1.807) is 12.1 Å². The van der Waals surface area contributed by atoms with Gasteiger partial charge in [0, 0.05) is 10.8 Å². The summed E-state index contributed by atoms with van der Waals surface area (Å²) in [6.07, 6.45) is 0. The molecule has 0 amide bonds. The van der Waals surface area contributed by atoms with Crippen molar-refractivity contribution >= 4 is 21.8 Å². The van der Waals surface area contributed by atoms with Gasteiger partial charge in [-0.2, -0.15) is 0 Å². The van der Waals surface area contributed by atoms with Gasteiger partial charge in [-0.15, -0.1) is 0 Å². The first kappa shape index (κ1) is 16.7. The van der Waals surface area contributed by atoms with Crippen LogP contribution in [-0.4, -0.2) is 9.97 Å². The van der Waals surface area contributed by atoms with Crippen LogP contribution in [0.25, 0.3) is 21.8 Å². The first-order valence-electron chi connectivity index (χ1n) is 6.78. The maximum Gasteiger partial charge on any atom is 2.00 e. The summed E-state index contributed by atoms with van der Waals surface area (Å²) >= 11 is 0. The molecule has 2 aromatic carbocycles. The van der Waals surface area contributed by atoms with Gasteiger partial charge in [0.15, 0.2) is 0 Å². The van der Waals surface area contributed by atoms with Crippen LogP contribution in [0.2, 0.25) is 0 Å². The van der Waals surface area contributed by atoms with Gasteiger partial charge < -0.3 is 10.2 Å². The number of hydrogen-bond acceptors (Lipinski definition) is 4. The molecule has 0 N–H and O–H groups in total. The molecule has 0 unspecified atom stereocenters. The number of para-hydroxylation sites is 2. The number of fused-ring (bicyclic) bond motifs is 2. The fraction of sp³-hybridized carbons (Fsp3) is 0. The average Bonchev–Trinajstić information content (AvgIpc) is 2.55. The molecule has 4 aromatic rings. The molecule has 0 aliphatic heterocycles. The molecule has 0 bridgehead atoms. The van der Waals surface area contributed by atoms with Crippen molar-refractivity contribution in [1.29, 1.82) is 0 Å². The molecule has 0 saturated heterocycles. The van der Waals surface area contributed by atoms with E-state index in [1.807, 2.05) is 48.5 Å². The van der Waals surface area contributed by atoms with E-state index in [1.165, 1.54) is 12.1 Å². The summed E-state index contributed by atoms with van der Waals surface area (Å²) in [6.45, 7) is 0. The van der Waals surface area contributed by atoms with Crippen LogP contribution in [0.4, 0.5) is 0 Å². The standard InChI is InChI=1S/2C9H7NO.Co/c2*11-9-6-5-7-3-1-2-4-8(7)10-9;/h2*1-6H,(H,10,11);/q;;+2/p-2. The minimum absolute atomic E-state index is 0. The normalized spacial score (nSPS) is 9.74. The Kier molecular flexibility index (Phi) is 5.51. The third-order valence-corrected chi connectivity index (χ3v) is 3.15. The zero-order valence-corrected chi connectivity index (χ0v) is 13.0. The maximum absolute atomic E-state index is 10.8. The van der Waals surface area contributed by atoms with Crippen LogP contribution >= 0.6 is 0 Å². The molecule has 23 heavy (non-hydrogen) atoms. The van der Waals surface area contributed by atoms with E-state index in [-0.39, 0.29) is 28.5 Å². The van der Waals surface area contributed by atoms with E-state index < -0.39 is 0 Å². The summed E-state index contributed by atoms with van der Waals surface area (Å²) in [5, 5.41) is 23.6. The number of pyridine rings is 2. The molecule has 0 saturated carbocycles. The Hall–Kier alpha value is -2.63. The Balaban J connectivity index is 0.000000160. The van der Waals surface area contributed by atoms with Crippen LogP contribution in [0, 0.1) is 0 Å². The molecule has 0 spiro atoms. The van der Waals surface area contributed by atoms with E-state index in [0.29, 0.717) is 0 Å². The largest absolute Gasteiger partial charge is 2.00 e. The summed E-state index contributed by atoms with van der Waals surface area (Å²) in [5.41, 5.74) is 1.53. The summed E-state index contributed by atoms with van der Waals surface area (Å²) in [7, 11) is 0. The molecule has 4 rings (SSSR count). The molecular weight excluding hydrogens is 335 g/mol. The van der Waals surface area contributed by atoms with Crippen LogP contribution in [0.1, 0.15) is 0 Å². The first-order chi connectivity index (χ1) is 10.7. The van der Waals surface area contributed by atoms with Crippen molar-refractivity contribution < 1.29 is 27.0 Å². The minimum atomic E-state index is -0.177. The van der Waals surface area contributed by atoms with Gasteiger partial charge >= 0.3 is 16.8 Å². The van der Waals surface area contributed by atoms with Crippen molar-refractivity contribution in [2.24, 2.45) is 0 Å². The average molecular weight is 347 g/mol. The molecule has 0 fully saturated rings. The molecule has 5 heteroatoms. The van der Waals surface area contributed by atoms with Gasteiger partial charge in [-0.25, -0.2) is 0 Å². The second-order valence-corrected chi connectivity index (χ2v) is 4.68. The van der Waals surface area contributed by atoms with Gasteiger partial charge in [0.05, 0.1) is 11.0 Å². The number of nitrogens with zero attached hydrogens (tertiary/aromatic N) is 2. The number of rotatable bonds is 0. The van der Waals surface area contributed by atoms with Crippen molar-refractivity contribution in [3.63, 3.8) is 0 Å². The second kappa shape index (κ2) is 7.58. The summed E-state index contributed by atoms with van der Waals surface area (Å²) in [6, 6.07) is 21.6. The van der Waals surface area contributed by atoms with Crippen molar-refractivity contribution in [2.75, 3.05) is 0 Å². The zero-order chi connectivity index (χ0) is 15.4. The Morgan fingerprint density at radius 1 is 0.522 bits per heavy atom. The van der Waals surface area contributed by atoms with Crippen LogP contribution in [0.5, 0.6) is 11.8 Å². The molecule has 0 aliphatic rings. The van der Waals surface area contributed by atoms with Gasteiger partial charge in [0.2, 0.25) is 0 Å². The van der Waals surface area contributed by atoms with E-state index in [9.17, 15) is 10.2 Å². The van der Waals surface area contributed by atoms with Gasteiger partial charge in [-0.1, -0.05) is 60.7 Å². The molecule has 2 aromatic heterocycles. The van der Waals surface area contributed by atoms with Crippen LogP contribution in [0.15, 0.2) is 72.8 Å². The number of benzene rings is 2. The molecular formula is C18H12CoN2O2. The van der Waals surface area contributed by atoms with Gasteiger partial charge in [-0.05, 0) is 23.9 Å². The van der Waals surface area contributed by atoms with Gasteiger partial charge in [0.25, 0.3) is 0 Å². The van der Waals surface area contributed by atoms with E-state index >= 15 is 0 Å². The molecule has 2 heterocycles. The quantitative estimate of drug-likeness (QED) is 0.490.